The predicted molar refractivity (Wildman–Crippen MR) is 71.2 cm³/mol. The molecule has 2 fully saturated rings. The summed E-state index contributed by atoms with van der Waals surface area (Å²) in [6.07, 6.45) is -2.97. The zero-order valence-electron chi connectivity index (χ0n) is 11.7. The van der Waals surface area contributed by atoms with Crippen molar-refractivity contribution in [3.8, 4) is 0 Å². The number of carbonyl (C=O) groups is 1. The fourth-order valence-corrected chi connectivity index (χ4v) is 3.18. The standard InChI is InChI=1S/C15H17F3N2O/c1-9-5-12(6-9)20-13(21)8-19-14(20)10-3-2-4-11(7-10)15(16,17)18/h2-4,7,9,12,14,19H,5-6,8H2,1H3. The van der Waals surface area contributed by atoms with Gasteiger partial charge in [0.15, 0.2) is 0 Å². The molecule has 0 spiro atoms. The second-order valence-electron chi connectivity index (χ2n) is 5.94. The van der Waals surface area contributed by atoms with E-state index in [1.54, 1.807) is 11.0 Å². The maximum atomic E-state index is 12.8. The highest BCUT2D eigenvalue weighted by atomic mass is 19.4. The maximum absolute atomic E-state index is 12.8. The molecule has 3 nitrogen and oxygen atoms in total. The smallest absolute Gasteiger partial charge is 0.319 e. The van der Waals surface area contributed by atoms with E-state index >= 15 is 0 Å². The van der Waals surface area contributed by atoms with E-state index in [1.807, 2.05) is 0 Å². The van der Waals surface area contributed by atoms with Crippen LogP contribution in [-0.4, -0.2) is 23.4 Å². The Bertz CT molecular complexity index is 552. The monoisotopic (exact) mass is 298 g/mol. The Morgan fingerprint density at radius 2 is 2.00 bits per heavy atom. The fourth-order valence-electron chi connectivity index (χ4n) is 3.18. The second kappa shape index (κ2) is 5.02. The van der Waals surface area contributed by atoms with Crippen molar-refractivity contribution in [3.05, 3.63) is 35.4 Å². The average Bonchev–Trinajstić information content (AvgIpc) is 2.76. The van der Waals surface area contributed by atoms with Gasteiger partial charge in [-0.15, -0.1) is 0 Å². The molecule has 1 aliphatic carbocycles. The van der Waals surface area contributed by atoms with Gasteiger partial charge in [-0.05, 0) is 36.5 Å². The van der Waals surface area contributed by atoms with Crippen LogP contribution in [0.15, 0.2) is 24.3 Å². The molecule has 1 N–H and O–H groups in total. The molecule has 2 aliphatic rings. The van der Waals surface area contributed by atoms with Crippen molar-refractivity contribution < 1.29 is 18.0 Å². The normalized spacial score (nSPS) is 29.6. The van der Waals surface area contributed by atoms with Gasteiger partial charge < -0.3 is 4.90 Å². The van der Waals surface area contributed by atoms with Crippen molar-refractivity contribution in [3.63, 3.8) is 0 Å². The first-order valence-electron chi connectivity index (χ1n) is 7.08. The second-order valence-corrected chi connectivity index (χ2v) is 5.94. The first kappa shape index (κ1) is 14.4. The van der Waals surface area contributed by atoms with E-state index in [4.69, 9.17) is 0 Å². The summed E-state index contributed by atoms with van der Waals surface area (Å²) in [5.74, 6) is 0.542. The van der Waals surface area contributed by atoms with Gasteiger partial charge in [-0.3, -0.25) is 10.1 Å². The first-order valence-corrected chi connectivity index (χ1v) is 7.08. The summed E-state index contributed by atoms with van der Waals surface area (Å²) in [6, 6.07) is 5.36. The number of halogens is 3. The van der Waals surface area contributed by atoms with Crippen molar-refractivity contribution in [2.75, 3.05) is 6.54 Å². The number of benzene rings is 1. The third kappa shape index (κ3) is 2.64. The van der Waals surface area contributed by atoms with Crippen molar-refractivity contribution in [2.24, 2.45) is 5.92 Å². The van der Waals surface area contributed by atoms with E-state index in [0.29, 0.717) is 11.5 Å². The van der Waals surface area contributed by atoms with Crippen molar-refractivity contribution in [1.82, 2.24) is 10.2 Å². The molecule has 1 aliphatic heterocycles. The summed E-state index contributed by atoms with van der Waals surface area (Å²) in [6.45, 7) is 2.30. The molecule has 1 saturated heterocycles. The molecule has 21 heavy (non-hydrogen) atoms. The molecule has 0 bridgehead atoms. The van der Waals surface area contributed by atoms with Crippen LogP contribution in [-0.2, 0) is 11.0 Å². The summed E-state index contributed by atoms with van der Waals surface area (Å²) < 4.78 is 38.4. The van der Waals surface area contributed by atoms with E-state index in [9.17, 15) is 18.0 Å². The van der Waals surface area contributed by atoms with Crippen LogP contribution in [0, 0.1) is 5.92 Å². The molecule has 1 amide bonds. The number of hydrogen-bond acceptors (Lipinski definition) is 2. The SMILES string of the molecule is CC1CC(N2C(=O)CNC2c2cccc(C(F)(F)F)c2)C1. The molecule has 1 atom stereocenters. The largest absolute Gasteiger partial charge is 0.416 e. The van der Waals surface area contributed by atoms with Gasteiger partial charge in [0.25, 0.3) is 0 Å². The first-order chi connectivity index (χ1) is 9.86. The molecule has 1 heterocycles. The van der Waals surface area contributed by atoms with Crippen LogP contribution < -0.4 is 5.32 Å². The molecule has 1 saturated carbocycles. The number of nitrogens with one attached hydrogen (secondary N) is 1. The predicted octanol–water partition coefficient (Wildman–Crippen LogP) is 2.93. The lowest BCUT2D eigenvalue weighted by Crippen LogP contribution is -2.46. The summed E-state index contributed by atoms with van der Waals surface area (Å²) in [4.78, 5) is 13.7. The molecule has 6 heteroatoms. The number of amides is 1. The minimum atomic E-state index is -4.37. The Balaban J connectivity index is 1.87. The number of carbonyl (C=O) groups excluding carboxylic acids is 1. The Morgan fingerprint density at radius 3 is 2.62 bits per heavy atom. The Labute approximate surface area is 121 Å². The lowest BCUT2D eigenvalue weighted by Gasteiger charge is -2.42. The van der Waals surface area contributed by atoms with Gasteiger partial charge >= 0.3 is 6.18 Å². The fraction of sp³-hybridized carbons (Fsp3) is 0.533. The summed E-state index contributed by atoms with van der Waals surface area (Å²) in [5.41, 5.74) is -0.182. The van der Waals surface area contributed by atoms with Crippen LogP contribution in [0.25, 0.3) is 0 Å². The molecule has 114 valence electrons. The van der Waals surface area contributed by atoms with Gasteiger partial charge in [-0.2, -0.15) is 13.2 Å². The number of hydrogen-bond donors (Lipinski definition) is 1. The molecule has 1 aromatic rings. The lowest BCUT2D eigenvalue weighted by molar-refractivity contribution is -0.137. The molecule has 1 unspecified atom stereocenters. The highest BCUT2D eigenvalue weighted by Gasteiger charge is 2.42. The van der Waals surface area contributed by atoms with Crippen LogP contribution in [0.1, 0.15) is 37.1 Å². The average molecular weight is 298 g/mol. The summed E-state index contributed by atoms with van der Waals surface area (Å²) in [7, 11) is 0. The topological polar surface area (TPSA) is 32.3 Å². The van der Waals surface area contributed by atoms with E-state index in [-0.39, 0.29) is 18.5 Å². The van der Waals surface area contributed by atoms with Crippen molar-refractivity contribution in [2.45, 2.75) is 38.1 Å². The van der Waals surface area contributed by atoms with Crippen molar-refractivity contribution in [1.29, 1.82) is 0 Å². The van der Waals surface area contributed by atoms with Crippen LogP contribution >= 0.6 is 0 Å². The van der Waals surface area contributed by atoms with Gasteiger partial charge in [-0.1, -0.05) is 19.1 Å². The zero-order chi connectivity index (χ0) is 15.2. The van der Waals surface area contributed by atoms with Gasteiger partial charge in [0.2, 0.25) is 5.91 Å². The molecule has 0 radical (unpaired) electrons. The molecule has 1 aromatic carbocycles. The van der Waals surface area contributed by atoms with E-state index < -0.39 is 17.9 Å². The van der Waals surface area contributed by atoms with Crippen LogP contribution in [0.4, 0.5) is 13.2 Å². The molecular formula is C15H17F3N2O. The molecular weight excluding hydrogens is 281 g/mol. The summed E-state index contributed by atoms with van der Waals surface area (Å²) >= 11 is 0. The summed E-state index contributed by atoms with van der Waals surface area (Å²) in [5, 5.41) is 3.02. The van der Waals surface area contributed by atoms with E-state index in [1.165, 1.54) is 6.07 Å². The Hall–Kier alpha value is -1.56. The number of rotatable bonds is 2. The highest BCUT2D eigenvalue weighted by Crippen LogP contribution is 2.38. The number of nitrogens with zero attached hydrogens (tertiary/aromatic N) is 1. The zero-order valence-corrected chi connectivity index (χ0v) is 11.7. The lowest BCUT2D eigenvalue weighted by atomic mass is 9.80. The quantitative estimate of drug-likeness (QED) is 0.910. The van der Waals surface area contributed by atoms with Gasteiger partial charge in [0, 0.05) is 6.04 Å². The van der Waals surface area contributed by atoms with Crippen LogP contribution in [0.2, 0.25) is 0 Å². The van der Waals surface area contributed by atoms with Crippen molar-refractivity contribution >= 4 is 5.91 Å². The van der Waals surface area contributed by atoms with Gasteiger partial charge in [0.1, 0.15) is 6.17 Å². The van der Waals surface area contributed by atoms with E-state index in [2.05, 4.69) is 12.2 Å². The third-order valence-corrected chi connectivity index (χ3v) is 4.28. The number of alkyl halides is 3. The maximum Gasteiger partial charge on any atom is 0.416 e. The van der Waals surface area contributed by atoms with Gasteiger partial charge in [0.05, 0.1) is 12.1 Å². The highest BCUT2D eigenvalue weighted by molar-refractivity contribution is 5.81. The minimum absolute atomic E-state index is 0.0330. The molecule has 0 aromatic heterocycles. The van der Waals surface area contributed by atoms with Crippen LogP contribution in [0.3, 0.4) is 0 Å². The van der Waals surface area contributed by atoms with E-state index in [0.717, 1.165) is 25.0 Å². The minimum Gasteiger partial charge on any atom is -0.319 e. The Kier molecular flexibility index (Phi) is 3.43. The third-order valence-electron chi connectivity index (χ3n) is 4.28. The van der Waals surface area contributed by atoms with Crippen LogP contribution in [0.5, 0.6) is 0 Å². The molecule has 3 rings (SSSR count). The Morgan fingerprint density at radius 1 is 1.29 bits per heavy atom. The van der Waals surface area contributed by atoms with Gasteiger partial charge in [-0.25, -0.2) is 0 Å².